The van der Waals surface area contributed by atoms with Crippen molar-refractivity contribution in [3.8, 4) is 5.75 Å². The van der Waals surface area contributed by atoms with E-state index in [9.17, 15) is 9.90 Å². The van der Waals surface area contributed by atoms with Crippen molar-refractivity contribution in [3.05, 3.63) is 39.7 Å². The fraction of sp³-hybridized carbons (Fsp3) is 0.524. The average molecular weight is 338 g/mol. The van der Waals surface area contributed by atoms with E-state index in [-0.39, 0.29) is 17.4 Å². The highest BCUT2D eigenvalue weighted by Crippen LogP contribution is 2.34. The van der Waals surface area contributed by atoms with Crippen LogP contribution in [0.5, 0.6) is 5.75 Å². The Balaban J connectivity index is 1.83. The molecule has 0 unspecified atom stereocenters. The van der Waals surface area contributed by atoms with Crippen LogP contribution in [0.3, 0.4) is 0 Å². The van der Waals surface area contributed by atoms with Crippen LogP contribution in [-0.4, -0.2) is 21.9 Å². The number of aryl methyl sites for hydroxylation is 1. The molecule has 4 heteroatoms. The van der Waals surface area contributed by atoms with Gasteiger partial charge in [0.25, 0.3) is 5.56 Å². The number of pyridine rings is 1. The van der Waals surface area contributed by atoms with Gasteiger partial charge in [-0.05, 0) is 50.2 Å². The van der Waals surface area contributed by atoms with Gasteiger partial charge in [-0.2, -0.15) is 0 Å². The van der Waals surface area contributed by atoms with Crippen LogP contribution < -0.4 is 5.56 Å². The third-order valence-corrected chi connectivity index (χ3v) is 5.62. The summed E-state index contributed by atoms with van der Waals surface area (Å²) >= 11 is 0. The number of hydrogen-bond donors (Lipinski definition) is 1. The lowest BCUT2D eigenvalue weighted by Gasteiger charge is -2.18. The van der Waals surface area contributed by atoms with Crippen LogP contribution in [0.1, 0.15) is 56.1 Å². The molecule has 2 fully saturated rings. The highest BCUT2D eigenvalue weighted by molar-refractivity contribution is 5.96. The second-order valence-corrected chi connectivity index (χ2v) is 7.66. The Morgan fingerprint density at radius 1 is 1.20 bits per heavy atom. The summed E-state index contributed by atoms with van der Waals surface area (Å²) in [7, 11) is 0. The lowest BCUT2D eigenvalue weighted by atomic mass is 9.96. The van der Waals surface area contributed by atoms with Crippen molar-refractivity contribution in [3.63, 3.8) is 0 Å². The molecule has 132 valence electrons. The topological polar surface area (TPSA) is 54.6 Å². The van der Waals surface area contributed by atoms with Gasteiger partial charge in [-0.25, -0.2) is 0 Å². The molecule has 2 aliphatic rings. The first kappa shape index (κ1) is 16.4. The molecule has 4 rings (SSSR count). The number of nitrogens with zero attached hydrogens (tertiary/aromatic N) is 2. The molecular formula is C21H26N2O2. The average Bonchev–Trinajstić information content (AvgIpc) is 3.44. The van der Waals surface area contributed by atoms with Gasteiger partial charge in [0.1, 0.15) is 11.3 Å². The Kier molecular flexibility index (Phi) is 4.36. The molecule has 2 saturated carbocycles. The number of hydrogen-bond acceptors (Lipinski definition) is 3. The first-order valence-electron chi connectivity index (χ1n) is 9.53. The van der Waals surface area contributed by atoms with Crippen LogP contribution in [0.15, 0.2) is 28.0 Å². The predicted molar refractivity (Wildman–Crippen MR) is 102 cm³/mol. The fourth-order valence-electron chi connectivity index (χ4n) is 3.96. The highest BCUT2D eigenvalue weighted by Gasteiger charge is 2.25. The minimum Gasteiger partial charge on any atom is -0.506 e. The Morgan fingerprint density at radius 3 is 2.68 bits per heavy atom. The van der Waals surface area contributed by atoms with Crippen molar-refractivity contribution < 1.29 is 5.11 Å². The normalized spacial score (nSPS) is 19.1. The summed E-state index contributed by atoms with van der Waals surface area (Å²) in [6, 6.07) is 6.13. The number of para-hydroxylation sites is 1. The molecule has 0 spiro atoms. The Bertz CT molecular complexity index is 872. The molecule has 0 bridgehead atoms. The summed E-state index contributed by atoms with van der Waals surface area (Å²) in [4.78, 5) is 17.7. The van der Waals surface area contributed by atoms with Crippen molar-refractivity contribution in [1.29, 1.82) is 0 Å². The first-order valence-corrected chi connectivity index (χ1v) is 9.53. The van der Waals surface area contributed by atoms with Crippen LogP contribution >= 0.6 is 0 Å². The number of aliphatic imine (C=N–C) groups is 1. The van der Waals surface area contributed by atoms with Gasteiger partial charge in [0.05, 0.1) is 5.52 Å². The Hall–Kier alpha value is -2.10. The second-order valence-electron chi connectivity index (χ2n) is 7.66. The largest absolute Gasteiger partial charge is 0.506 e. The predicted octanol–water partition coefficient (Wildman–Crippen LogP) is 4.18. The van der Waals surface area contributed by atoms with E-state index in [0.29, 0.717) is 11.5 Å². The molecule has 2 aliphatic carbocycles. The molecule has 4 nitrogen and oxygen atoms in total. The third-order valence-electron chi connectivity index (χ3n) is 5.62. The highest BCUT2D eigenvalue weighted by atomic mass is 16.3. The van der Waals surface area contributed by atoms with Gasteiger partial charge < -0.3 is 9.67 Å². The summed E-state index contributed by atoms with van der Waals surface area (Å²) in [6.07, 6.45) is 9.87. The number of benzene rings is 1. The summed E-state index contributed by atoms with van der Waals surface area (Å²) < 4.78 is 1.87. The Morgan fingerprint density at radius 2 is 1.96 bits per heavy atom. The number of rotatable bonds is 4. The van der Waals surface area contributed by atoms with Crippen LogP contribution in [-0.2, 0) is 6.54 Å². The van der Waals surface area contributed by atoms with Gasteiger partial charge in [-0.15, -0.1) is 0 Å². The SMILES string of the molecule is Cc1cccc2c(O)c(C=NC3CCCCC3)c(=O)n(CC3CC3)c12. The third kappa shape index (κ3) is 3.22. The van der Waals surface area contributed by atoms with Gasteiger partial charge >= 0.3 is 0 Å². The zero-order valence-corrected chi connectivity index (χ0v) is 14.9. The number of fused-ring (bicyclic) bond motifs is 1. The van der Waals surface area contributed by atoms with Crippen molar-refractivity contribution in [2.24, 2.45) is 10.9 Å². The molecule has 1 aromatic heterocycles. The monoisotopic (exact) mass is 338 g/mol. The maximum Gasteiger partial charge on any atom is 0.263 e. The second kappa shape index (κ2) is 6.66. The molecule has 0 saturated heterocycles. The van der Waals surface area contributed by atoms with E-state index in [1.807, 2.05) is 29.7 Å². The van der Waals surface area contributed by atoms with Crippen molar-refractivity contribution in [2.75, 3.05) is 0 Å². The summed E-state index contributed by atoms with van der Waals surface area (Å²) in [5.41, 5.74) is 2.14. The minimum atomic E-state index is -0.106. The van der Waals surface area contributed by atoms with Gasteiger partial charge in [-0.3, -0.25) is 9.79 Å². The molecule has 0 amide bonds. The summed E-state index contributed by atoms with van der Waals surface area (Å²) in [6.45, 7) is 2.74. The van der Waals surface area contributed by atoms with E-state index in [1.165, 1.54) is 32.1 Å². The van der Waals surface area contributed by atoms with Gasteiger partial charge in [0.15, 0.2) is 0 Å². The van der Waals surface area contributed by atoms with E-state index in [0.717, 1.165) is 35.9 Å². The fourth-order valence-corrected chi connectivity index (χ4v) is 3.96. The molecule has 0 aliphatic heterocycles. The lowest BCUT2D eigenvalue weighted by Crippen LogP contribution is -2.26. The maximum absolute atomic E-state index is 13.1. The summed E-state index contributed by atoms with van der Waals surface area (Å²) in [5.74, 6) is 0.670. The molecule has 25 heavy (non-hydrogen) atoms. The first-order chi connectivity index (χ1) is 12.1. The van der Waals surface area contributed by atoms with E-state index in [1.54, 1.807) is 6.21 Å². The molecule has 1 N–H and O–H groups in total. The number of aromatic hydroxyl groups is 1. The van der Waals surface area contributed by atoms with Gasteiger partial charge in [0, 0.05) is 24.2 Å². The van der Waals surface area contributed by atoms with E-state index >= 15 is 0 Å². The van der Waals surface area contributed by atoms with Crippen LogP contribution in [0, 0.1) is 12.8 Å². The van der Waals surface area contributed by atoms with Gasteiger partial charge in [0.2, 0.25) is 0 Å². The van der Waals surface area contributed by atoms with Crippen molar-refractivity contribution in [1.82, 2.24) is 4.57 Å². The zero-order chi connectivity index (χ0) is 17.4. The molecule has 2 aromatic rings. The molecule has 0 radical (unpaired) electrons. The summed E-state index contributed by atoms with van der Waals surface area (Å²) in [5, 5.41) is 11.5. The molecular weight excluding hydrogens is 312 g/mol. The van der Waals surface area contributed by atoms with Crippen molar-refractivity contribution >= 4 is 17.1 Å². The van der Waals surface area contributed by atoms with E-state index in [2.05, 4.69) is 4.99 Å². The number of aromatic nitrogens is 1. The molecule has 0 atom stereocenters. The lowest BCUT2D eigenvalue weighted by molar-refractivity contribution is 0.444. The smallest absolute Gasteiger partial charge is 0.263 e. The van der Waals surface area contributed by atoms with Crippen LogP contribution in [0.4, 0.5) is 0 Å². The standard InChI is InChI=1S/C21H26N2O2/c1-14-6-5-9-17-19(14)23(13-15-10-11-15)21(25)18(20(17)24)12-22-16-7-3-2-4-8-16/h5-6,9,12,15-16,24H,2-4,7-8,10-11,13H2,1H3. The molecule has 1 aromatic carbocycles. The van der Waals surface area contributed by atoms with Crippen LogP contribution in [0.2, 0.25) is 0 Å². The van der Waals surface area contributed by atoms with E-state index in [4.69, 9.17) is 0 Å². The van der Waals surface area contributed by atoms with Gasteiger partial charge in [-0.1, -0.05) is 31.4 Å². The Labute approximate surface area is 148 Å². The molecule has 1 heterocycles. The quantitative estimate of drug-likeness (QED) is 0.850. The van der Waals surface area contributed by atoms with Crippen LogP contribution in [0.25, 0.3) is 10.9 Å². The minimum absolute atomic E-state index is 0.0790. The maximum atomic E-state index is 13.1. The van der Waals surface area contributed by atoms with Crippen molar-refractivity contribution in [2.45, 2.75) is 64.5 Å². The zero-order valence-electron chi connectivity index (χ0n) is 14.9. The van der Waals surface area contributed by atoms with E-state index < -0.39 is 0 Å².